The van der Waals surface area contributed by atoms with E-state index in [2.05, 4.69) is 0 Å². The van der Waals surface area contributed by atoms with Crippen LogP contribution in [0.1, 0.15) is 11.1 Å². The standard InChI is InChI=1S/C8H11OSi.Na/c1-6-4-3-5-8(10-9)7(6)2;/h3-5H,10H2,1-2H3;/q-1;+1. The third-order valence-corrected chi connectivity index (χ3v) is 2.95. The quantitative estimate of drug-likeness (QED) is 0.403. The third-order valence-electron chi connectivity index (χ3n) is 1.87. The van der Waals surface area contributed by atoms with E-state index >= 15 is 0 Å². The second kappa shape index (κ2) is 5.12. The van der Waals surface area contributed by atoms with Gasteiger partial charge < -0.3 is 4.80 Å². The molecule has 1 aromatic carbocycles. The van der Waals surface area contributed by atoms with Gasteiger partial charge in [0.2, 0.25) is 0 Å². The summed E-state index contributed by atoms with van der Waals surface area (Å²) in [5, 5.41) is 1.06. The van der Waals surface area contributed by atoms with E-state index in [0.29, 0.717) is 0 Å². The van der Waals surface area contributed by atoms with E-state index in [1.165, 1.54) is 11.1 Å². The predicted molar refractivity (Wildman–Crippen MR) is 44.1 cm³/mol. The van der Waals surface area contributed by atoms with Crippen molar-refractivity contribution in [3.05, 3.63) is 29.3 Å². The Hall–Kier alpha value is 0.397. The normalized spacial score (nSPS) is 10.1. The zero-order chi connectivity index (χ0) is 7.56. The fourth-order valence-electron chi connectivity index (χ4n) is 0.968. The molecule has 1 rings (SSSR count). The Morgan fingerprint density at radius 2 is 1.91 bits per heavy atom. The number of rotatable bonds is 1. The van der Waals surface area contributed by atoms with Gasteiger partial charge in [0.15, 0.2) is 0 Å². The topological polar surface area (TPSA) is 23.1 Å². The summed E-state index contributed by atoms with van der Waals surface area (Å²) < 4.78 is 0. The number of benzene rings is 1. The van der Waals surface area contributed by atoms with Crippen molar-refractivity contribution in [1.82, 2.24) is 0 Å². The molecule has 0 spiro atoms. The molecular weight excluding hydrogens is 163 g/mol. The van der Waals surface area contributed by atoms with Gasteiger partial charge >= 0.3 is 29.6 Å². The molecule has 1 aromatic rings. The molecule has 3 heteroatoms. The Labute approximate surface area is 92.1 Å². The van der Waals surface area contributed by atoms with Crippen molar-refractivity contribution < 1.29 is 34.4 Å². The van der Waals surface area contributed by atoms with Gasteiger partial charge in [-0.15, -0.1) is 0 Å². The summed E-state index contributed by atoms with van der Waals surface area (Å²) in [6.07, 6.45) is 0. The zero-order valence-electron chi connectivity index (χ0n) is 7.35. The molecule has 0 saturated heterocycles. The summed E-state index contributed by atoms with van der Waals surface area (Å²) in [7, 11) is -1.21. The predicted octanol–water partition coefficient (Wildman–Crippen LogP) is -3.62. The first-order valence-corrected chi connectivity index (χ1v) is 4.67. The number of hydrogen-bond donors (Lipinski definition) is 0. The van der Waals surface area contributed by atoms with Crippen LogP contribution in [0.4, 0.5) is 0 Å². The number of aryl methyl sites for hydroxylation is 1. The Bertz CT molecular complexity index is 238. The monoisotopic (exact) mass is 174 g/mol. The maximum Gasteiger partial charge on any atom is 1.00 e. The zero-order valence-corrected chi connectivity index (χ0v) is 10.8. The molecule has 0 fully saturated rings. The molecule has 0 radical (unpaired) electrons. The number of hydrogen-bond acceptors (Lipinski definition) is 1. The van der Waals surface area contributed by atoms with Gasteiger partial charge in [0.05, 0.1) is 0 Å². The summed E-state index contributed by atoms with van der Waals surface area (Å²) in [5.41, 5.74) is 2.44. The molecule has 0 unspecified atom stereocenters. The molecule has 0 aromatic heterocycles. The average Bonchev–Trinajstić information content (AvgIpc) is 1.95. The second-order valence-corrected chi connectivity index (χ2v) is 3.55. The van der Waals surface area contributed by atoms with Gasteiger partial charge in [-0.25, -0.2) is 0 Å². The fourth-order valence-corrected chi connectivity index (χ4v) is 1.70. The van der Waals surface area contributed by atoms with Crippen molar-refractivity contribution in [1.29, 1.82) is 0 Å². The van der Waals surface area contributed by atoms with E-state index in [-0.39, 0.29) is 29.6 Å². The Balaban J connectivity index is 0.000001000. The second-order valence-electron chi connectivity index (χ2n) is 2.50. The Morgan fingerprint density at radius 1 is 1.27 bits per heavy atom. The fraction of sp³-hybridized carbons (Fsp3) is 0.250. The summed E-state index contributed by atoms with van der Waals surface area (Å²) in [5.74, 6) is 0. The maximum absolute atomic E-state index is 10.6. The van der Waals surface area contributed by atoms with Gasteiger partial charge in [-0.05, 0) is 29.2 Å². The van der Waals surface area contributed by atoms with E-state index in [4.69, 9.17) is 0 Å². The maximum atomic E-state index is 10.6. The molecule has 0 aliphatic rings. The van der Waals surface area contributed by atoms with Crippen LogP contribution in [0.15, 0.2) is 18.2 Å². The summed E-state index contributed by atoms with van der Waals surface area (Å²) in [4.78, 5) is 10.6. The Kier molecular flexibility index (Phi) is 5.30. The van der Waals surface area contributed by atoms with Crippen molar-refractivity contribution in [2.75, 3.05) is 0 Å². The minimum Gasteiger partial charge on any atom is -0.860 e. The van der Waals surface area contributed by atoms with E-state index in [9.17, 15) is 4.80 Å². The van der Waals surface area contributed by atoms with Gasteiger partial charge in [0.1, 0.15) is 0 Å². The van der Waals surface area contributed by atoms with Crippen LogP contribution in [-0.4, -0.2) is 9.76 Å². The molecule has 1 nitrogen and oxygen atoms in total. The molecule has 54 valence electrons. The first-order chi connectivity index (χ1) is 4.75. The van der Waals surface area contributed by atoms with Crippen LogP contribution in [-0.2, 0) is 0 Å². The molecule has 0 aliphatic heterocycles. The largest absolute Gasteiger partial charge is 1.00 e. The minimum absolute atomic E-state index is 0. The van der Waals surface area contributed by atoms with Crippen LogP contribution in [0.5, 0.6) is 0 Å². The molecule has 0 N–H and O–H groups in total. The van der Waals surface area contributed by atoms with Crippen LogP contribution >= 0.6 is 0 Å². The molecule has 0 atom stereocenters. The summed E-state index contributed by atoms with van der Waals surface area (Å²) >= 11 is 0. The van der Waals surface area contributed by atoms with Gasteiger partial charge in [0.25, 0.3) is 0 Å². The first-order valence-electron chi connectivity index (χ1n) is 3.39. The molecule has 0 aliphatic carbocycles. The SMILES string of the molecule is Cc1cccc([SiH2][O-])c1C.[Na+]. The summed E-state index contributed by atoms with van der Waals surface area (Å²) in [6.45, 7) is 4.07. The molecule has 11 heavy (non-hydrogen) atoms. The smallest absolute Gasteiger partial charge is 0.860 e. The molecule has 0 bridgehead atoms. The van der Waals surface area contributed by atoms with Gasteiger partial charge in [-0.1, -0.05) is 28.9 Å². The van der Waals surface area contributed by atoms with Crippen LogP contribution in [0.25, 0.3) is 0 Å². The van der Waals surface area contributed by atoms with Crippen molar-refractivity contribution >= 4 is 14.9 Å². The molecule has 0 saturated carbocycles. The van der Waals surface area contributed by atoms with Crippen LogP contribution in [0.3, 0.4) is 0 Å². The van der Waals surface area contributed by atoms with Crippen molar-refractivity contribution in [2.24, 2.45) is 0 Å². The third kappa shape index (κ3) is 2.73. The van der Waals surface area contributed by atoms with Crippen LogP contribution in [0.2, 0.25) is 0 Å². The van der Waals surface area contributed by atoms with Gasteiger partial charge in [-0.3, -0.25) is 0 Å². The molecular formula is C8H11NaOSi. The van der Waals surface area contributed by atoms with Gasteiger partial charge in [0, 0.05) is 0 Å². The Morgan fingerprint density at radius 3 is 2.36 bits per heavy atom. The van der Waals surface area contributed by atoms with Crippen LogP contribution in [0, 0.1) is 13.8 Å². The van der Waals surface area contributed by atoms with E-state index < -0.39 is 9.76 Å². The van der Waals surface area contributed by atoms with Crippen LogP contribution < -0.4 is 39.5 Å². The van der Waals surface area contributed by atoms with E-state index in [1.807, 2.05) is 32.0 Å². The molecule has 0 heterocycles. The van der Waals surface area contributed by atoms with Crippen molar-refractivity contribution in [3.8, 4) is 0 Å². The molecule has 0 amide bonds. The van der Waals surface area contributed by atoms with Gasteiger partial charge in [-0.2, -0.15) is 0 Å². The average molecular weight is 174 g/mol. The first kappa shape index (κ1) is 11.4. The van der Waals surface area contributed by atoms with E-state index in [0.717, 1.165) is 5.19 Å². The minimum atomic E-state index is -1.21. The van der Waals surface area contributed by atoms with Crippen molar-refractivity contribution in [2.45, 2.75) is 13.8 Å². The van der Waals surface area contributed by atoms with E-state index in [1.54, 1.807) is 0 Å². The van der Waals surface area contributed by atoms with Crippen molar-refractivity contribution in [3.63, 3.8) is 0 Å². The summed E-state index contributed by atoms with van der Waals surface area (Å²) in [6, 6.07) is 5.95.